The summed E-state index contributed by atoms with van der Waals surface area (Å²) in [4.78, 5) is 20.6. The fourth-order valence-electron chi connectivity index (χ4n) is 9.10. The van der Waals surface area contributed by atoms with Crippen molar-refractivity contribution < 1.29 is 0 Å². The van der Waals surface area contributed by atoms with E-state index in [9.17, 15) is 0 Å². The first-order chi connectivity index (χ1) is 31.8. The molecule has 0 unspecified atom stereocenters. The van der Waals surface area contributed by atoms with Crippen LogP contribution in [-0.4, -0.2) is 24.1 Å². The zero-order valence-corrected chi connectivity index (χ0v) is 34.6. The zero-order chi connectivity index (χ0) is 42.4. The highest BCUT2D eigenvalue weighted by molar-refractivity contribution is 6.12. The second-order valence-electron chi connectivity index (χ2n) is 15.7. The number of para-hydroxylation sites is 6. The van der Waals surface area contributed by atoms with Crippen LogP contribution in [0.15, 0.2) is 237 Å². The van der Waals surface area contributed by atoms with Crippen LogP contribution in [0.4, 0.5) is 34.1 Å². The highest BCUT2D eigenvalue weighted by Gasteiger charge is 2.23. The van der Waals surface area contributed by atoms with Crippen molar-refractivity contribution >= 4 is 77.7 Å². The summed E-state index contributed by atoms with van der Waals surface area (Å²) in [5.41, 5.74) is 11.3. The molecule has 0 fully saturated rings. The SMILES string of the molecule is c1ccc(-c2nc(-n3c4ccccc4c4cc(N(c5ccccc5)c5ccccc5)ccc43)nc(-n3c4ccccc4c4cc(N(c5ccccc5)c5ccccc5)ccc43)n2)cc1. The van der Waals surface area contributed by atoms with E-state index in [1.807, 2.05) is 18.2 Å². The van der Waals surface area contributed by atoms with Crippen molar-refractivity contribution in [1.29, 1.82) is 0 Å². The maximum absolute atomic E-state index is 5.43. The lowest BCUT2D eigenvalue weighted by atomic mass is 10.1. The molecule has 0 N–H and O–H groups in total. The van der Waals surface area contributed by atoms with E-state index >= 15 is 0 Å². The molecule has 3 aromatic heterocycles. The van der Waals surface area contributed by atoms with Gasteiger partial charge in [-0.2, -0.15) is 15.0 Å². The molecule has 12 rings (SSSR count). The van der Waals surface area contributed by atoms with Crippen LogP contribution in [-0.2, 0) is 0 Å². The summed E-state index contributed by atoms with van der Waals surface area (Å²) < 4.78 is 4.37. The Morgan fingerprint density at radius 1 is 0.266 bits per heavy atom. The maximum atomic E-state index is 5.43. The van der Waals surface area contributed by atoms with Gasteiger partial charge < -0.3 is 9.80 Å². The minimum absolute atomic E-state index is 0.535. The Morgan fingerprint density at radius 3 is 0.984 bits per heavy atom. The van der Waals surface area contributed by atoms with Gasteiger partial charge >= 0.3 is 0 Å². The van der Waals surface area contributed by atoms with Crippen LogP contribution in [0.5, 0.6) is 0 Å². The first-order valence-corrected chi connectivity index (χ1v) is 21.5. The zero-order valence-electron chi connectivity index (χ0n) is 34.6. The van der Waals surface area contributed by atoms with Crippen molar-refractivity contribution in [2.24, 2.45) is 0 Å². The summed E-state index contributed by atoms with van der Waals surface area (Å²) in [6.45, 7) is 0. The molecule has 0 spiro atoms. The van der Waals surface area contributed by atoms with Crippen LogP contribution >= 0.6 is 0 Å². The van der Waals surface area contributed by atoms with Crippen LogP contribution in [0.3, 0.4) is 0 Å². The number of anilines is 6. The molecule has 12 aromatic rings. The summed E-state index contributed by atoms with van der Waals surface area (Å²) in [7, 11) is 0. The highest BCUT2D eigenvalue weighted by atomic mass is 15.3. The first kappa shape index (κ1) is 37.0. The van der Waals surface area contributed by atoms with Gasteiger partial charge in [-0.15, -0.1) is 0 Å². The number of nitrogens with zero attached hydrogens (tertiary/aromatic N) is 7. The average Bonchev–Trinajstić information content (AvgIpc) is 3.88. The minimum atomic E-state index is 0.535. The third-order valence-corrected chi connectivity index (χ3v) is 11.9. The highest BCUT2D eigenvalue weighted by Crippen LogP contribution is 2.42. The van der Waals surface area contributed by atoms with Crippen molar-refractivity contribution in [2.45, 2.75) is 0 Å². The summed E-state index contributed by atoms with van der Waals surface area (Å²) in [6.07, 6.45) is 0. The van der Waals surface area contributed by atoms with Gasteiger partial charge in [-0.1, -0.05) is 140 Å². The predicted molar refractivity (Wildman–Crippen MR) is 263 cm³/mol. The van der Waals surface area contributed by atoms with Gasteiger partial charge in [0.1, 0.15) is 0 Å². The number of rotatable bonds is 9. The molecule has 0 radical (unpaired) electrons. The predicted octanol–water partition coefficient (Wildman–Crippen LogP) is 14.7. The Balaban J connectivity index is 1.08. The lowest BCUT2D eigenvalue weighted by Gasteiger charge is -2.25. The Hall–Kier alpha value is -8.81. The summed E-state index contributed by atoms with van der Waals surface area (Å²) in [5.74, 6) is 1.66. The van der Waals surface area contributed by atoms with Crippen molar-refractivity contribution in [3.8, 4) is 23.3 Å². The molecule has 0 aliphatic carbocycles. The Bertz CT molecular complexity index is 3310. The largest absolute Gasteiger partial charge is 0.310 e. The van der Waals surface area contributed by atoms with E-state index in [0.717, 1.165) is 83.3 Å². The molecule has 64 heavy (non-hydrogen) atoms. The Kier molecular flexibility index (Phi) is 9.01. The van der Waals surface area contributed by atoms with Crippen molar-refractivity contribution in [3.63, 3.8) is 0 Å². The molecule has 9 aromatic carbocycles. The molecule has 302 valence electrons. The van der Waals surface area contributed by atoms with Crippen molar-refractivity contribution in [2.75, 3.05) is 9.80 Å². The number of hydrogen-bond donors (Lipinski definition) is 0. The van der Waals surface area contributed by atoms with Crippen LogP contribution < -0.4 is 9.80 Å². The van der Waals surface area contributed by atoms with E-state index in [1.54, 1.807) is 0 Å². The van der Waals surface area contributed by atoms with Crippen LogP contribution in [0.25, 0.3) is 66.9 Å². The fourth-order valence-corrected chi connectivity index (χ4v) is 9.10. The van der Waals surface area contributed by atoms with Gasteiger partial charge in [0.25, 0.3) is 0 Å². The van der Waals surface area contributed by atoms with E-state index in [4.69, 9.17) is 15.0 Å². The van der Waals surface area contributed by atoms with Gasteiger partial charge in [0.15, 0.2) is 5.82 Å². The Labute approximate surface area is 370 Å². The molecule has 0 atom stereocenters. The van der Waals surface area contributed by atoms with Gasteiger partial charge in [-0.25, -0.2) is 0 Å². The van der Waals surface area contributed by atoms with E-state index in [1.165, 1.54) is 0 Å². The minimum Gasteiger partial charge on any atom is -0.310 e. The monoisotopic (exact) mass is 821 g/mol. The summed E-state index contributed by atoms with van der Waals surface area (Å²) in [5, 5.41) is 4.40. The van der Waals surface area contributed by atoms with Gasteiger partial charge in [0.2, 0.25) is 11.9 Å². The molecule has 0 amide bonds. The second kappa shape index (κ2) is 15.6. The molecule has 0 bridgehead atoms. The van der Waals surface area contributed by atoms with Gasteiger partial charge in [0, 0.05) is 61.2 Å². The summed E-state index contributed by atoms with van der Waals surface area (Å²) >= 11 is 0. The molecular formula is C57H39N7. The van der Waals surface area contributed by atoms with E-state index in [0.29, 0.717) is 17.7 Å². The molecule has 0 aliphatic rings. The third kappa shape index (κ3) is 6.34. The van der Waals surface area contributed by atoms with Crippen LogP contribution in [0.2, 0.25) is 0 Å². The summed E-state index contributed by atoms with van der Waals surface area (Å²) in [6, 6.07) is 82.6. The normalized spacial score (nSPS) is 11.4. The van der Waals surface area contributed by atoms with Crippen molar-refractivity contribution in [1.82, 2.24) is 24.1 Å². The standard InChI is InChI=1S/C57H39N7/c1-6-20-40(21-7-1)55-58-56(63-51-32-18-16-30-47(51)49-38-45(34-36-53(49)63)61(41-22-8-2-9-23-41)42-24-10-3-11-25-42)60-57(59-55)64-52-33-19-17-31-48(52)50-39-46(35-37-54(50)64)62(43-26-12-4-13-27-43)44-28-14-5-15-29-44/h1-39H. The number of aromatic nitrogens is 5. The topological polar surface area (TPSA) is 55.0 Å². The van der Waals surface area contributed by atoms with Gasteiger partial charge in [0.05, 0.1) is 22.1 Å². The van der Waals surface area contributed by atoms with Gasteiger partial charge in [-0.3, -0.25) is 9.13 Å². The van der Waals surface area contributed by atoms with Gasteiger partial charge in [-0.05, 0) is 97.1 Å². The number of hydrogen-bond acceptors (Lipinski definition) is 5. The number of benzene rings is 9. The molecular weight excluding hydrogens is 783 g/mol. The third-order valence-electron chi connectivity index (χ3n) is 11.9. The van der Waals surface area contributed by atoms with E-state index < -0.39 is 0 Å². The fraction of sp³-hybridized carbons (Fsp3) is 0. The quantitative estimate of drug-likeness (QED) is 0.145. The average molecular weight is 822 g/mol. The van der Waals surface area contributed by atoms with Crippen LogP contribution in [0, 0.1) is 0 Å². The number of fused-ring (bicyclic) bond motifs is 6. The maximum Gasteiger partial charge on any atom is 0.240 e. The molecule has 3 heterocycles. The molecule has 7 nitrogen and oxygen atoms in total. The lowest BCUT2D eigenvalue weighted by Crippen LogP contribution is -2.11. The molecule has 0 saturated heterocycles. The smallest absolute Gasteiger partial charge is 0.240 e. The molecule has 0 aliphatic heterocycles. The lowest BCUT2D eigenvalue weighted by molar-refractivity contribution is 0.893. The van der Waals surface area contributed by atoms with E-state index in [-0.39, 0.29) is 0 Å². The van der Waals surface area contributed by atoms with Crippen LogP contribution in [0.1, 0.15) is 0 Å². The second-order valence-corrected chi connectivity index (χ2v) is 15.7. The molecule has 7 heteroatoms. The molecule has 0 saturated carbocycles. The van der Waals surface area contributed by atoms with Crippen molar-refractivity contribution in [3.05, 3.63) is 237 Å². The van der Waals surface area contributed by atoms with E-state index in [2.05, 4.69) is 237 Å². The first-order valence-electron chi connectivity index (χ1n) is 21.5. The Morgan fingerprint density at radius 2 is 0.594 bits per heavy atom.